The summed E-state index contributed by atoms with van der Waals surface area (Å²) in [6.45, 7) is -1.06. The van der Waals surface area contributed by atoms with Crippen molar-refractivity contribution in [2.75, 3.05) is 0 Å². The van der Waals surface area contributed by atoms with Crippen molar-refractivity contribution in [1.82, 2.24) is 0 Å². The highest BCUT2D eigenvalue weighted by molar-refractivity contribution is 7.20. The molecule has 0 atom stereocenters. The fourth-order valence-corrected chi connectivity index (χ4v) is 2.49. The lowest BCUT2D eigenvalue weighted by atomic mass is 9.95. The molecule has 2 rings (SSSR count). The second-order valence-corrected chi connectivity index (χ2v) is 4.31. The molecule has 2 aromatic rings. The second kappa shape index (κ2) is 3.81. The largest absolute Gasteiger partial charge is 0.433 e. The monoisotopic (exact) mass is 224 g/mol. The first-order valence-electron chi connectivity index (χ1n) is 4.32. The molecule has 0 aliphatic carbocycles. The smallest absolute Gasteiger partial charge is 0.387 e. The number of hydrogen-bond donors (Lipinski definition) is 0. The van der Waals surface area contributed by atoms with E-state index in [2.05, 4.69) is 4.74 Å². The Morgan fingerprint density at radius 2 is 2.13 bits per heavy atom. The molecule has 5 heteroatoms. The van der Waals surface area contributed by atoms with Crippen LogP contribution in [-0.2, 0) is 0 Å². The Labute approximate surface area is 91.1 Å². The fraction of sp³-hybridized carbons (Fsp3) is 0.200. The van der Waals surface area contributed by atoms with Gasteiger partial charge in [0.25, 0.3) is 0 Å². The first-order chi connectivity index (χ1) is 7.09. The molecule has 1 heterocycles. The minimum atomic E-state index is -2.80. The van der Waals surface area contributed by atoms with Crippen molar-refractivity contribution in [1.29, 1.82) is 0 Å². The van der Waals surface area contributed by atoms with Crippen LogP contribution < -0.4 is 10.2 Å². The Hall–Kier alpha value is -1.10. The topological polar surface area (TPSA) is 9.23 Å². The number of halogens is 2. The number of hydrogen-bond acceptors (Lipinski definition) is 2. The number of alkyl halides is 2. The van der Waals surface area contributed by atoms with Gasteiger partial charge >= 0.3 is 6.61 Å². The molecule has 2 radical (unpaired) electrons. The van der Waals surface area contributed by atoms with Gasteiger partial charge in [0.1, 0.15) is 13.6 Å². The van der Waals surface area contributed by atoms with Gasteiger partial charge in [-0.25, -0.2) is 0 Å². The van der Waals surface area contributed by atoms with Gasteiger partial charge in [-0.3, -0.25) is 0 Å². The van der Waals surface area contributed by atoms with Crippen LogP contribution in [0.5, 0.6) is 5.75 Å². The van der Waals surface area contributed by atoms with Crippen LogP contribution >= 0.6 is 11.3 Å². The van der Waals surface area contributed by atoms with Crippen molar-refractivity contribution >= 4 is 34.7 Å². The Kier molecular flexibility index (Phi) is 2.65. The van der Waals surface area contributed by atoms with Gasteiger partial charge in [-0.1, -0.05) is 17.6 Å². The van der Waals surface area contributed by atoms with Crippen LogP contribution in [0.25, 0.3) is 10.1 Å². The summed E-state index contributed by atoms with van der Waals surface area (Å²) in [5, 5.41) is 0.651. The lowest BCUT2D eigenvalue weighted by Gasteiger charge is -2.04. The lowest BCUT2D eigenvalue weighted by Crippen LogP contribution is -2.03. The third-order valence-corrected chi connectivity index (χ3v) is 3.22. The average molecular weight is 224 g/mol. The minimum Gasteiger partial charge on any atom is -0.433 e. The molecule has 0 amide bonds. The Balaban J connectivity index is 2.63. The molecule has 0 unspecified atom stereocenters. The van der Waals surface area contributed by atoms with Crippen LogP contribution in [0.3, 0.4) is 0 Å². The summed E-state index contributed by atoms with van der Waals surface area (Å²) < 4.78 is 29.6. The summed E-state index contributed by atoms with van der Waals surface area (Å²) in [4.78, 5) is 0.711. The summed E-state index contributed by atoms with van der Waals surface area (Å²) in [5.74, 6) is 0.234. The summed E-state index contributed by atoms with van der Waals surface area (Å²) >= 11 is 1.36. The van der Waals surface area contributed by atoms with E-state index in [0.29, 0.717) is 15.7 Å². The summed E-state index contributed by atoms with van der Waals surface area (Å²) in [6.07, 6.45) is 0. The maximum Gasteiger partial charge on any atom is 0.387 e. The lowest BCUT2D eigenvalue weighted by molar-refractivity contribution is -0.0489. The van der Waals surface area contributed by atoms with E-state index in [1.165, 1.54) is 11.3 Å². The highest BCUT2D eigenvalue weighted by Gasteiger charge is 2.14. The first-order valence-corrected chi connectivity index (χ1v) is 5.13. The molecule has 0 fully saturated rings. The molecule has 0 saturated carbocycles. The van der Waals surface area contributed by atoms with Gasteiger partial charge in [0.15, 0.2) is 0 Å². The second-order valence-electron chi connectivity index (χ2n) is 3.09. The molecule has 1 nitrogen and oxygen atoms in total. The summed E-state index contributed by atoms with van der Waals surface area (Å²) in [5.41, 5.74) is 0.588. The predicted molar refractivity (Wildman–Crippen MR) is 58.6 cm³/mol. The zero-order chi connectivity index (χ0) is 11.0. The predicted octanol–water partition coefficient (Wildman–Crippen LogP) is 2.60. The summed E-state index contributed by atoms with van der Waals surface area (Å²) in [6, 6.07) is 5.19. The van der Waals surface area contributed by atoms with Crippen molar-refractivity contribution in [3.63, 3.8) is 0 Å². The van der Waals surface area contributed by atoms with E-state index in [9.17, 15) is 8.78 Å². The van der Waals surface area contributed by atoms with E-state index in [4.69, 9.17) is 7.85 Å². The number of fused-ring (bicyclic) bond motifs is 1. The molecule has 0 aliphatic heterocycles. The fourth-order valence-electron chi connectivity index (χ4n) is 1.47. The van der Waals surface area contributed by atoms with Crippen LogP contribution in [0.1, 0.15) is 4.88 Å². The molecule has 0 saturated heterocycles. The molecule has 0 aliphatic rings. The van der Waals surface area contributed by atoms with Gasteiger partial charge in [0.05, 0.1) is 0 Å². The number of ether oxygens (including phenoxy) is 1. The highest BCUT2D eigenvalue weighted by atomic mass is 32.1. The first kappa shape index (κ1) is 10.4. The Bertz CT molecular complexity index is 495. The summed E-state index contributed by atoms with van der Waals surface area (Å²) in [7, 11) is 5.74. The minimum absolute atomic E-state index is 0.234. The highest BCUT2D eigenvalue weighted by Crippen LogP contribution is 2.36. The number of thiophene rings is 1. The maximum absolute atomic E-state index is 12.2. The van der Waals surface area contributed by atoms with Gasteiger partial charge in [0, 0.05) is 15.0 Å². The third-order valence-electron chi connectivity index (χ3n) is 2.07. The van der Waals surface area contributed by atoms with Crippen molar-refractivity contribution in [3.8, 4) is 5.75 Å². The van der Waals surface area contributed by atoms with E-state index < -0.39 is 6.61 Å². The average Bonchev–Trinajstić information content (AvgIpc) is 2.45. The van der Waals surface area contributed by atoms with Crippen molar-refractivity contribution in [2.24, 2.45) is 0 Å². The zero-order valence-corrected chi connectivity index (χ0v) is 8.78. The Morgan fingerprint density at radius 1 is 1.40 bits per heavy atom. The molecule has 0 bridgehead atoms. The van der Waals surface area contributed by atoms with E-state index >= 15 is 0 Å². The number of rotatable bonds is 2. The quantitative estimate of drug-likeness (QED) is 0.712. The van der Waals surface area contributed by atoms with Crippen LogP contribution in [0, 0.1) is 6.92 Å². The van der Waals surface area contributed by atoms with E-state index in [-0.39, 0.29) is 5.75 Å². The molecular weight excluding hydrogens is 217 g/mol. The molecule has 0 spiro atoms. The van der Waals surface area contributed by atoms with Crippen molar-refractivity contribution in [3.05, 3.63) is 23.1 Å². The van der Waals surface area contributed by atoms with Gasteiger partial charge in [-0.2, -0.15) is 8.78 Å². The third kappa shape index (κ3) is 1.84. The molecular formula is C10H7BF2OS. The van der Waals surface area contributed by atoms with Crippen molar-refractivity contribution in [2.45, 2.75) is 13.5 Å². The normalized spacial score (nSPS) is 11.2. The molecule has 1 aromatic carbocycles. The van der Waals surface area contributed by atoms with Gasteiger partial charge in [-0.15, -0.1) is 11.3 Å². The van der Waals surface area contributed by atoms with Gasteiger partial charge in [-0.05, 0) is 13.0 Å². The standard InChI is InChI=1S/C10H7BF2OS/c1-5-8(14-10(12)13)6-3-2-4-7(11)9(6)15-5/h2-4,10H,1H3. The Morgan fingerprint density at radius 3 is 2.80 bits per heavy atom. The maximum atomic E-state index is 12.2. The van der Waals surface area contributed by atoms with E-state index in [1.807, 2.05) is 0 Å². The van der Waals surface area contributed by atoms with E-state index in [0.717, 1.165) is 4.70 Å². The van der Waals surface area contributed by atoms with Gasteiger partial charge in [0.2, 0.25) is 0 Å². The van der Waals surface area contributed by atoms with Crippen LogP contribution in [0.2, 0.25) is 0 Å². The molecule has 1 aromatic heterocycles. The molecule has 0 N–H and O–H groups in total. The molecule has 15 heavy (non-hydrogen) atoms. The zero-order valence-electron chi connectivity index (χ0n) is 7.96. The van der Waals surface area contributed by atoms with Crippen LogP contribution in [-0.4, -0.2) is 14.5 Å². The SMILES string of the molecule is [B]c1cccc2c(OC(F)F)c(C)sc12. The van der Waals surface area contributed by atoms with Crippen molar-refractivity contribution < 1.29 is 13.5 Å². The van der Waals surface area contributed by atoms with Gasteiger partial charge < -0.3 is 4.74 Å². The molecule has 76 valence electrons. The van der Waals surface area contributed by atoms with Crippen LogP contribution in [0.15, 0.2) is 18.2 Å². The number of aryl methyl sites for hydroxylation is 1. The number of benzene rings is 1. The van der Waals surface area contributed by atoms with E-state index in [1.54, 1.807) is 25.1 Å². The van der Waals surface area contributed by atoms with Crippen LogP contribution in [0.4, 0.5) is 8.78 Å².